The van der Waals surface area contributed by atoms with E-state index in [9.17, 15) is 14.0 Å². The number of aromatic nitrogens is 2. The van der Waals surface area contributed by atoms with Gasteiger partial charge in [-0.2, -0.15) is 4.98 Å². The fourth-order valence-electron chi connectivity index (χ4n) is 5.07. The summed E-state index contributed by atoms with van der Waals surface area (Å²) in [5.41, 5.74) is 3.84. The van der Waals surface area contributed by atoms with Crippen LogP contribution in [0, 0.1) is 12.7 Å². The van der Waals surface area contributed by atoms with Crippen molar-refractivity contribution in [3.63, 3.8) is 0 Å². The molecule has 3 aromatic carbocycles. The van der Waals surface area contributed by atoms with Gasteiger partial charge >= 0.3 is 0 Å². The molecule has 0 radical (unpaired) electrons. The van der Waals surface area contributed by atoms with Crippen molar-refractivity contribution in [2.45, 2.75) is 59.3 Å². The highest BCUT2D eigenvalue weighted by Crippen LogP contribution is 2.42. The summed E-state index contributed by atoms with van der Waals surface area (Å²) in [7, 11) is 0. The standard InChI is InChI=1S/C34H33FN2O5/c1-6-14-40-29-17-30-26(31(27(38)7-2)32(42-30)21-10-12-23(35)13-11-21)16-25(29)22-9-8-20(3)24(15-22)28(39)18-34(4,5)33-36-19-41-37-33/h8-13,15-17,19H,6-7,14,18H2,1-5H3. The maximum absolute atomic E-state index is 13.7. The fourth-order valence-corrected chi connectivity index (χ4v) is 5.07. The van der Waals surface area contributed by atoms with E-state index in [-0.39, 0.29) is 30.2 Å². The lowest BCUT2D eigenvalue weighted by Crippen LogP contribution is -2.24. The third kappa shape index (κ3) is 5.62. The topological polar surface area (TPSA) is 95.4 Å². The minimum absolute atomic E-state index is 0.0509. The van der Waals surface area contributed by atoms with Crippen LogP contribution in [-0.2, 0) is 5.41 Å². The van der Waals surface area contributed by atoms with Crippen LogP contribution in [0.15, 0.2) is 69.9 Å². The van der Waals surface area contributed by atoms with Gasteiger partial charge in [-0.3, -0.25) is 9.59 Å². The molecule has 216 valence electrons. The van der Waals surface area contributed by atoms with Crippen LogP contribution in [0.1, 0.15) is 79.1 Å². The number of furan rings is 1. The number of nitrogens with zero attached hydrogens (tertiary/aromatic N) is 2. The summed E-state index contributed by atoms with van der Waals surface area (Å²) in [5, 5.41) is 4.57. The van der Waals surface area contributed by atoms with Gasteiger partial charge in [-0.05, 0) is 60.9 Å². The summed E-state index contributed by atoms with van der Waals surface area (Å²) in [4.78, 5) is 31.0. The van der Waals surface area contributed by atoms with Gasteiger partial charge in [-0.1, -0.05) is 45.0 Å². The van der Waals surface area contributed by atoms with Crippen LogP contribution in [0.25, 0.3) is 33.4 Å². The molecule has 42 heavy (non-hydrogen) atoms. The number of benzene rings is 3. The Morgan fingerprint density at radius 2 is 1.71 bits per heavy atom. The van der Waals surface area contributed by atoms with Crippen molar-refractivity contribution >= 4 is 22.5 Å². The number of hydrogen-bond donors (Lipinski definition) is 0. The molecule has 2 heterocycles. The molecule has 0 unspecified atom stereocenters. The number of hydrogen-bond acceptors (Lipinski definition) is 7. The highest BCUT2D eigenvalue weighted by molar-refractivity contribution is 6.13. The number of ketones is 2. The molecule has 0 amide bonds. The van der Waals surface area contributed by atoms with Crippen LogP contribution in [0.4, 0.5) is 4.39 Å². The minimum Gasteiger partial charge on any atom is -0.493 e. The molecule has 0 saturated carbocycles. The Balaban J connectivity index is 1.65. The van der Waals surface area contributed by atoms with E-state index in [1.165, 1.54) is 18.5 Å². The predicted octanol–water partition coefficient (Wildman–Crippen LogP) is 8.53. The Morgan fingerprint density at radius 1 is 0.976 bits per heavy atom. The average molecular weight is 569 g/mol. The van der Waals surface area contributed by atoms with Gasteiger partial charge in [0.1, 0.15) is 22.9 Å². The van der Waals surface area contributed by atoms with E-state index in [1.807, 2.05) is 52.0 Å². The minimum atomic E-state index is -0.621. The molecule has 2 aromatic heterocycles. The lowest BCUT2D eigenvalue weighted by Gasteiger charge is -2.20. The molecule has 0 atom stereocenters. The molecule has 0 spiro atoms. The van der Waals surface area contributed by atoms with Gasteiger partial charge < -0.3 is 13.7 Å². The summed E-state index contributed by atoms with van der Waals surface area (Å²) >= 11 is 0. The van der Waals surface area contributed by atoms with Crippen molar-refractivity contribution in [2.75, 3.05) is 6.61 Å². The van der Waals surface area contributed by atoms with Crippen molar-refractivity contribution in [3.05, 3.63) is 89.3 Å². The molecule has 7 nitrogen and oxygen atoms in total. The highest BCUT2D eigenvalue weighted by Gasteiger charge is 2.30. The maximum atomic E-state index is 13.7. The van der Waals surface area contributed by atoms with Crippen molar-refractivity contribution in [3.8, 4) is 28.2 Å². The Bertz CT molecular complexity index is 1750. The van der Waals surface area contributed by atoms with Crippen molar-refractivity contribution in [2.24, 2.45) is 0 Å². The van der Waals surface area contributed by atoms with Gasteiger partial charge in [0.05, 0.1) is 12.2 Å². The zero-order valence-electron chi connectivity index (χ0n) is 24.4. The van der Waals surface area contributed by atoms with Crippen LogP contribution in [0.5, 0.6) is 5.75 Å². The van der Waals surface area contributed by atoms with E-state index >= 15 is 0 Å². The summed E-state index contributed by atoms with van der Waals surface area (Å²) < 4.78 is 31.0. The fraction of sp³-hybridized carbons (Fsp3) is 0.294. The van der Waals surface area contributed by atoms with E-state index in [1.54, 1.807) is 25.1 Å². The maximum Gasteiger partial charge on any atom is 0.213 e. The molecule has 0 aliphatic rings. The molecule has 0 aliphatic carbocycles. The molecule has 5 rings (SSSR count). The van der Waals surface area contributed by atoms with Gasteiger partial charge in [0.15, 0.2) is 17.4 Å². The normalized spacial score (nSPS) is 11.7. The van der Waals surface area contributed by atoms with Gasteiger partial charge in [0, 0.05) is 46.4 Å². The number of carbonyl (C=O) groups excluding carboxylic acids is 2. The molecular weight excluding hydrogens is 535 g/mol. The Morgan fingerprint density at radius 3 is 2.38 bits per heavy atom. The van der Waals surface area contributed by atoms with Gasteiger partial charge in [0.25, 0.3) is 0 Å². The Kier molecular flexibility index (Phi) is 8.07. The average Bonchev–Trinajstić information content (AvgIpc) is 3.65. The summed E-state index contributed by atoms with van der Waals surface area (Å²) in [5.74, 6) is 0.916. The third-order valence-corrected chi connectivity index (χ3v) is 7.38. The molecule has 8 heteroatoms. The zero-order valence-corrected chi connectivity index (χ0v) is 24.4. The van der Waals surface area contributed by atoms with Crippen LogP contribution in [-0.4, -0.2) is 28.3 Å². The molecular formula is C34H33FN2O5. The molecule has 5 aromatic rings. The summed E-state index contributed by atoms with van der Waals surface area (Å²) in [6.07, 6.45) is 2.51. The highest BCUT2D eigenvalue weighted by atomic mass is 19.1. The monoisotopic (exact) mass is 568 g/mol. The first kappa shape index (κ1) is 28.9. The molecule has 0 bridgehead atoms. The van der Waals surface area contributed by atoms with Crippen molar-refractivity contribution < 1.29 is 27.7 Å². The molecule has 0 aliphatic heterocycles. The summed E-state index contributed by atoms with van der Waals surface area (Å²) in [6, 6.07) is 15.3. The number of halogens is 1. The second kappa shape index (κ2) is 11.7. The van der Waals surface area contributed by atoms with Crippen LogP contribution in [0.2, 0.25) is 0 Å². The zero-order chi connectivity index (χ0) is 30.0. The number of Topliss-reactive ketones (excluding diaryl/α,β-unsaturated/α-hetero) is 2. The van der Waals surface area contributed by atoms with E-state index in [0.717, 1.165) is 23.1 Å². The first-order valence-electron chi connectivity index (χ1n) is 14.1. The number of rotatable bonds is 11. The van der Waals surface area contributed by atoms with E-state index in [4.69, 9.17) is 13.7 Å². The first-order valence-corrected chi connectivity index (χ1v) is 14.1. The second-order valence-electron chi connectivity index (χ2n) is 11.1. The SMILES string of the molecule is CCCOc1cc2oc(-c3ccc(F)cc3)c(C(=O)CC)c2cc1-c1ccc(C)c(C(=O)CC(C)(C)c2ncon2)c1. The number of fused-ring (bicyclic) bond motifs is 1. The van der Waals surface area contributed by atoms with Crippen molar-refractivity contribution in [1.29, 1.82) is 0 Å². The number of ether oxygens (including phenoxy) is 1. The molecule has 0 fully saturated rings. The van der Waals surface area contributed by atoms with E-state index in [2.05, 4.69) is 10.1 Å². The van der Waals surface area contributed by atoms with Gasteiger partial charge in [-0.15, -0.1) is 0 Å². The molecule has 0 N–H and O–H groups in total. The van der Waals surface area contributed by atoms with Crippen LogP contribution >= 0.6 is 0 Å². The first-order chi connectivity index (χ1) is 20.1. The van der Waals surface area contributed by atoms with Crippen molar-refractivity contribution in [1.82, 2.24) is 10.1 Å². The van der Waals surface area contributed by atoms with Gasteiger partial charge in [-0.25, -0.2) is 4.39 Å². The van der Waals surface area contributed by atoms with Gasteiger partial charge in [0.2, 0.25) is 6.39 Å². The Hall–Kier alpha value is -4.59. The van der Waals surface area contributed by atoms with E-state index in [0.29, 0.717) is 51.6 Å². The third-order valence-electron chi connectivity index (χ3n) is 7.38. The Labute approximate surface area is 243 Å². The van der Waals surface area contributed by atoms with Crippen LogP contribution < -0.4 is 4.74 Å². The quantitative estimate of drug-likeness (QED) is 0.147. The lowest BCUT2D eigenvalue weighted by atomic mass is 9.83. The second-order valence-corrected chi connectivity index (χ2v) is 11.1. The molecule has 0 saturated heterocycles. The van der Waals surface area contributed by atoms with E-state index < -0.39 is 5.41 Å². The smallest absolute Gasteiger partial charge is 0.213 e. The predicted molar refractivity (Wildman–Crippen MR) is 158 cm³/mol. The number of carbonyl (C=O) groups is 2. The summed E-state index contributed by atoms with van der Waals surface area (Å²) in [6.45, 7) is 10.0. The lowest BCUT2D eigenvalue weighted by molar-refractivity contribution is 0.0952. The largest absolute Gasteiger partial charge is 0.493 e. The number of aryl methyl sites for hydroxylation is 1. The van der Waals surface area contributed by atoms with Crippen LogP contribution in [0.3, 0.4) is 0 Å².